The third-order valence-electron chi connectivity index (χ3n) is 4.69. The van der Waals surface area contributed by atoms with Crippen LogP contribution in [0.25, 0.3) is 22.2 Å². The van der Waals surface area contributed by atoms with Crippen LogP contribution in [0.3, 0.4) is 0 Å². The molecule has 0 atom stereocenters. The molecule has 5 heteroatoms. The van der Waals surface area contributed by atoms with Crippen LogP contribution in [0, 0.1) is 5.82 Å². The number of nitrogens with zero attached hydrogens (tertiary/aromatic N) is 2. The van der Waals surface area contributed by atoms with Crippen molar-refractivity contribution in [3.05, 3.63) is 66.0 Å². The van der Waals surface area contributed by atoms with Crippen molar-refractivity contribution in [3.63, 3.8) is 0 Å². The molecule has 3 rings (SSSR count). The van der Waals surface area contributed by atoms with Crippen LogP contribution in [0.4, 0.5) is 4.39 Å². The summed E-state index contributed by atoms with van der Waals surface area (Å²) >= 11 is 0. The Morgan fingerprint density at radius 2 is 1.81 bits per heavy atom. The smallest absolute Gasteiger partial charge is 0.252 e. The molecule has 0 fully saturated rings. The molecule has 0 saturated heterocycles. The number of hydrogen-bond acceptors (Lipinski definition) is 3. The lowest BCUT2D eigenvalue weighted by Gasteiger charge is -2.18. The number of likely N-dealkylation sites (N-methyl/N-ethyl adjacent to an activating group) is 1. The van der Waals surface area contributed by atoms with Gasteiger partial charge in [0.05, 0.1) is 16.8 Å². The van der Waals surface area contributed by atoms with Gasteiger partial charge in [-0.25, -0.2) is 9.37 Å². The Bertz CT molecular complexity index is 923. The molecule has 1 heterocycles. The normalized spacial score (nSPS) is 11.1. The van der Waals surface area contributed by atoms with Crippen molar-refractivity contribution in [1.82, 2.24) is 15.2 Å². The fourth-order valence-electron chi connectivity index (χ4n) is 3.11. The molecule has 4 nitrogen and oxygen atoms in total. The van der Waals surface area contributed by atoms with E-state index < -0.39 is 0 Å². The number of carbonyl (C=O) groups is 1. The third-order valence-corrected chi connectivity index (χ3v) is 4.69. The lowest BCUT2D eigenvalue weighted by molar-refractivity contribution is 0.0950. The van der Waals surface area contributed by atoms with Crippen LogP contribution >= 0.6 is 0 Å². The second-order valence-corrected chi connectivity index (χ2v) is 6.37. The van der Waals surface area contributed by atoms with E-state index in [1.165, 1.54) is 12.1 Å². The topological polar surface area (TPSA) is 45.2 Å². The average molecular weight is 365 g/mol. The van der Waals surface area contributed by atoms with Crippen LogP contribution in [0.1, 0.15) is 24.2 Å². The number of rotatable bonds is 7. The Morgan fingerprint density at radius 1 is 1.07 bits per heavy atom. The molecular formula is C22H24FN3O. The molecule has 1 aromatic heterocycles. The maximum atomic E-state index is 13.8. The van der Waals surface area contributed by atoms with Gasteiger partial charge < -0.3 is 10.2 Å². The summed E-state index contributed by atoms with van der Waals surface area (Å²) in [5, 5.41) is 3.48. The van der Waals surface area contributed by atoms with E-state index in [0.717, 1.165) is 25.2 Å². The van der Waals surface area contributed by atoms with Crippen LogP contribution in [0.15, 0.2) is 54.6 Å². The van der Waals surface area contributed by atoms with Gasteiger partial charge in [-0.15, -0.1) is 0 Å². The summed E-state index contributed by atoms with van der Waals surface area (Å²) < 4.78 is 13.8. The fourth-order valence-corrected chi connectivity index (χ4v) is 3.11. The molecule has 0 saturated carbocycles. The number of carbonyl (C=O) groups excluding carboxylic acids is 1. The molecule has 0 unspecified atom stereocenters. The van der Waals surface area contributed by atoms with E-state index in [4.69, 9.17) is 0 Å². The zero-order chi connectivity index (χ0) is 19.2. The van der Waals surface area contributed by atoms with E-state index in [9.17, 15) is 9.18 Å². The predicted octanol–water partition coefficient (Wildman–Crippen LogP) is 4.11. The third kappa shape index (κ3) is 4.49. The molecule has 0 spiro atoms. The first-order valence-corrected chi connectivity index (χ1v) is 9.28. The maximum absolute atomic E-state index is 13.8. The Labute approximate surface area is 159 Å². The minimum absolute atomic E-state index is 0.211. The molecule has 0 bridgehead atoms. The lowest BCUT2D eigenvalue weighted by Crippen LogP contribution is -2.34. The van der Waals surface area contributed by atoms with Gasteiger partial charge in [0.25, 0.3) is 5.91 Å². The number of fused-ring (bicyclic) bond motifs is 1. The zero-order valence-electron chi connectivity index (χ0n) is 15.7. The van der Waals surface area contributed by atoms with Crippen LogP contribution in [0.5, 0.6) is 0 Å². The lowest BCUT2D eigenvalue weighted by atomic mass is 10.0. The van der Waals surface area contributed by atoms with E-state index in [1.807, 2.05) is 30.3 Å². The zero-order valence-corrected chi connectivity index (χ0v) is 15.7. The van der Waals surface area contributed by atoms with Crippen molar-refractivity contribution in [2.75, 3.05) is 26.2 Å². The highest BCUT2D eigenvalue weighted by Crippen LogP contribution is 2.25. The van der Waals surface area contributed by atoms with Gasteiger partial charge in [0.15, 0.2) is 0 Å². The number of aromatic nitrogens is 1. The summed E-state index contributed by atoms with van der Waals surface area (Å²) in [7, 11) is 0. The Morgan fingerprint density at radius 3 is 2.52 bits per heavy atom. The van der Waals surface area contributed by atoms with Gasteiger partial charge in [0, 0.05) is 24.0 Å². The van der Waals surface area contributed by atoms with Gasteiger partial charge in [-0.2, -0.15) is 0 Å². The van der Waals surface area contributed by atoms with E-state index in [2.05, 4.69) is 29.0 Å². The van der Waals surface area contributed by atoms with Gasteiger partial charge in [0.2, 0.25) is 0 Å². The fraction of sp³-hybridized carbons (Fsp3) is 0.273. The van der Waals surface area contributed by atoms with Crippen LogP contribution in [-0.4, -0.2) is 42.0 Å². The van der Waals surface area contributed by atoms with Crippen molar-refractivity contribution < 1.29 is 9.18 Å². The highest BCUT2D eigenvalue weighted by atomic mass is 19.1. The van der Waals surface area contributed by atoms with Crippen LogP contribution in [0.2, 0.25) is 0 Å². The standard InChI is InChI=1S/C22H24FN3O/c1-3-26(4-2)13-12-24-22(27)19-15-21(16-8-6-5-7-9-16)25-20-11-10-17(23)14-18(19)20/h5-11,14-15H,3-4,12-13H2,1-2H3,(H,24,27). The number of halogens is 1. The highest BCUT2D eigenvalue weighted by Gasteiger charge is 2.15. The second-order valence-electron chi connectivity index (χ2n) is 6.37. The van der Waals surface area contributed by atoms with Crippen molar-refractivity contribution >= 4 is 16.8 Å². The monoisotopic (exact) mass is 365 g/mol. The summed E-state index contributed by atoms with van der Waals surface area (Å²) in [4.78, 5) is 19.7. The van der Waals surface area contributed by atoms with Gasteiger partial charge in [0.1, 0.15) is 5.82 Å². The minimum Gasteiger partial charge on any atom is -0.351 e. The molecule has 0 aliphatic rings. The average Bonchev–Trinajstić information content (AvgIpc) is 2.71. The number of benzene rings is 2. The quantitative estimate of drug-likeness (QED) is 0.685. The highest BCUT2D eigenvalue weighted by molar-refractivity contribution is 6.07. The number of hydrogen-bond donors (Lipinski definition) is 1. The van der Waals surface area contributed by atoms with Crippen LogP contribution in [-0.2, 0) is 0 Å². The van der Waals surface area contributed by atoms with Crippen LogP contribution < -0.4 is 5.32 Å². The maximum Gasteiger partial charge on any atom is 0.252 e. The van der Waals surface area contributed by atoms with Gasteiger partial charge in [-0.05, 0) is 37.4 Å². The molecular weight excluding hydrogens is 341 g/mol. The first-order chi connectivity index (χ1) is 13.1. The molecule has 1 amide bonds. The Kier molecular flexibility index (Phi) is 6.14. The second kappa shape index (κ2) is 8.73. The number of amides is 1. The molecule has 0 radical (unpaired) electrons. The summed E-state index contributed by atoms with van der Waals surface area (Å²) in [5.74, 6) is -0.591. The predicted molar refractivity (Wildman–Crippen MR) is 107 cm³/mol. The van der Waals surface area contributed by atoms with E-state index >= 15 is 0 Å². The Hall–Kier alpha value is -2.79. The van der Waals surface area contributed by atoms with Crippen molar-refractivity contribution in [2.45, 2.75) is 13.8 Å². The van der Waals surface area contributed by atoms with Crippen molar-refractivity contribution in [3.8, 4) is 11.3 Å². The summed E-state index contributed by atoms with van der Waals surface area (Å²) in [6.45, 7) is 7.39. The SMILES string of the molecule is CCN(CC)CCNC(=O)c1cc(-c2ccccc2)nc2ccc(F)cc12. The molecule has 0 aliphatic heterocycles. The van der Waals surface area contributed by atoms with Gasteiger partial charge >= 0.3 is 0 Å². The summed E-state index contributed by atoms with van der Waals surface area (Å²) in [6.07, 6.45) is 0. The van der Waals surface area contributed by atoms with Crippen molar-refractivity contribution in [2.24, 2.45) is 0 Å². The van der Waals surface area contributed by atoms with Crippen molar-refractivity contribution in [1.29, 1.82) is 0 Å². The Balaban J connectivity index is 1.94. The summed E-state index contributed by atoms with van der Waals surface area (Å²) in [5.41, 5.74) is 2.66. The molecule has 3 aromatic rings. The van der Waals surface area contributed by atoms with Gasteiger partial charge in [-0.3, -0.25) is 4.79 Å². The van der Waals surface area contributed by atoms with E-state index in [1.54, 1.807) is 12.1 Å². The molecule has 2 aromatic carbocycles. The van der Waals surface area contributed by atoms with E-state index in [0.29, 0.717) is 28.7 Å². The summed E-state index contributed by atoms with van der Waals surface area (Å²) in [6, 6.07) is 15.8. The molecule has 0 aliphatic carbocycles. The molecule has 27 heavy (non-hydrogen) atoms. The first-order valence-electron chi connectivity index (χ1n) is 9.28. The van der Waals surface area contributed by atoms with Gasteiger partial charge in [-0.1, -0.05) is 44.2 Å². The molecule has 1 N–H and O–H groups in total. The number of nitrogens with one attached hydrogen (secondary N) is 1. The van der Waals surface area contributed by atoms with E-state index in [-0.39, 0.29) is 11.7 Å². The molecule has 140 valence electrons. The minimum atomic E-state index is -0.381. The largest absolute Gasteiger partial charge is 0.351 e. The number of pyridine rings is 1. The first kappa shape index (κ1) is 19.0.